The number of aromatic nitrogens is 2. The molecule has 1 atom stereocenters. The molecule has 0 spiro atoms. The highest BCUT2D eigenvalue weighted by Gasteiger charge is 2.32. The fourth-order valence-corrected chi connectivity index (χ4v) is 3.63. The average Bonchev–Trinajstić information content (AvgIpc) is 3.40. The fraction of sp³-hybridized carbons (Fsp3) is 0.444. The number of halogens is 1. The Bertz CT molecular complexity index is 1030. The van der Waals surface area contributed by atoms with Crippen LogP contribution < -0.4 is 16.1 Å². The van der Waals surface area contributed by atoms with Crippen molar-refractivity contribution in [3.05, 3.63) is 33.9 Å². The van der Waals surface area contributed by atoms with Gasteiger partial charge in [0.25, 0.3) is 0 Å². The summed E-state index contributed by atoms with van der Waals surface area (Å²) in [5, 5.41) is 9.29. The molecule has 1 aliphatic carbocycles. The van der Waals surface area contributed by atoms with Crippen LogP contribution in [0, 0.1) is 11.7 Å². The SMILES string of the molecule is C/N=C1\CN(c2nc3c(cc2F)c(=O)c(C(=O)O)cn3C2CC2)CC1CN. The van der Waals surface area contributed by atoms with Crippen LogP contribution in [0.25, 0.3) is 11.0 Å². The smallest absolute Gasteiger partial charge is 0.341 e. The Labute approximate surface area is 154 Å². The van der Waals surface area contributed by atoms with E-state index in [1.807, 2.05) is 0 Å². The van der Waals surface area contributed by atoms with Gasteiger partial charge in [0.05, 0.1) is 11.9 Å². The van der Waals surface area contributed by atoms with E-state index in [9.17, 15) is 19.1 Å². The summed E-state index contributed by atoms with van der Waals surface area (Å²) < 4.78 is 16.5. The maximum Gasteiger partial charge on any atom is 0.341 e. The summed E-state index contributed by atoms with van der Waals surface area (Å²) in [6.07, 6.45) is 3.07. The predicted molar refractivity (Wildman–Crippen MR) is 99.3 cm³/mol. The van der Waals surface area contributed by atoms with Gasteiger partial charge < -0.3 is 20.3 Å². The first kappa shape index (κ1) is 17.6. The standard InChI is InChI=1S/C18H20FN5O3/c1-21-14-8-23(6-9(14)5-20)17-13(19)4-11-15(25)12(18(26)27)7-24(10-2-3-10)16(11)22-17/h4,7,9-10H,2-3,5-6,8,20H2,1H3,(H,26,27)/b21-14+. The van der Waals surface area contributed by atoms with E-state index in [0.717, 1.165) is 24.6 Å². The van der Waals surface area contributed by atoms with Crippen LogP contribution in [-0.2, 0) is 0 Å². The van der Waals surface area contributed by atoms with Gasteiger partial charge in [-0.3, -0.25) is 9.79 Å². The summed E-state index contributed by atoms with van der Waals surface area (Å²) in [5.74, 6) is -1.81. The molecule has 2 aromatic heterocycles. The van der Waals surface area contributed by atoms with Crippen molar-refractivity contribution in [2.24, 2.45) is 16.6 Å². The molecule has 9 heteroatoms. The predicted octanol–water partition coefficient (Wildman–Crippen LogP) is 1.03. The molecular weight excluding hydrogens is 353 g/mol. The zero-order valence-electron chi connectivity index (χ0n) is 14.9. The van der Waals surface area contributed by atoms with Crippen molar-refractivity contribution in [1.82, 2.24) is 9.55 Å². The van der Waals surface area contributed by atoms with Crippen LogP contribution in [0.3, 0.4) is 0 Å². The van der Waals surface area contributed by atoms with Crippen LogP contribution in [0.5, 0.6) is 0 Å². The summed E-state index contributed by atoms with van der Waals surface area (Å²) in [6.45, 7) is 1.33. The molecule has 2 aromatic rings. The summed E-state index contributed by atoms with van der Waals surface area (Å²) in [6, 6.07) is 1.18. The largest absolute Gasteiger partial charge is 0.477 e. The van der Waals surface area contributed by atoms with Crippen molar-refractivity contribution in [3.8, 4) is 0 Å². The first-order valence-electron chi connectivity index (χ1n) is 8.83. The van der Waals surface area contributed by atoms with E-state index in [1.165, 1.54) is 6.20 Å². The monoisotopic (exact) mass is 373 g/mol. The van der Waals surface area contributed by atoms with Gasteiger partial charge in [0.1, 0.15) is 11.2 Å². The lowest BCUT2D eigenvalue weighted by atomic mass is 10.1. The number of carbonyl (C=O) groups is 1. The molecule has 2 aliphatic rings. The Morgan fingerprint density at radius 3 is 2.78 bits per heavy atom. The number of anilines is 1. The van der Waals surface area contributed by atoms with Crippen LogP contribution in [0.1, 0.15) is 29.2 Å². The van der Waals surface area contributed by atoms with Crippen LogP contribution in [0.15, 0.2) is 22.1 Å². The van der Waals surface area contributed by atoms with E-state index in [0.29, 0.717) is 25.3 Å². The highest BCUT2D eigenvalue weighted by molar-refractivity contribution is 5.95. The third kappa shape index (κ3) is 2.87. The van der Waals surface area contributed by atoms with Crippen LogP contribution >= 0.6 is 0 Å². The number of hydrogen-bond acceptors (Lipinski definition) is 6. The lowest BCUT2D eigenvalue weighted by molar-refractivity contribution is 0.0695. The van der Waals surface area contributed by atoms with Crippen molar-refractivity contribution in [2.45, 2.75) is 18.9 Å². The van der Waals surface area contributed by atoms with Gasteiger partial charge in [-0.15, -0.1) is 0 Å². The number of carboxylic acid groups (broad SMARTS) is 1. The van der Waals surface area contributed by atoms with Crippen molar-refractivity contribution >= 4 is 28.5 Å². The molecule has 1 aliphatic heterocycles. The number of carboxylic acids is 1. The third-order valence-electron chi connectivity index (χ3n) is 5.25. The molecule has 0 bridgehead atoms. The maximum absolute atomic E-state index is 14.8. The molecule has 1 unspecified atom stereocenters. The molecule has 0 radical (unpaired) electrons. The minimum Gasteiger partial charge on any atom is -0.477 e. The van der Waals surface area contributed by atoms with Crippen LogP contribution in [0.2, 0.25) is 0 Å². The zero-order valence-corrected chi connectivity index (χ0v) is 14.9. The lowest BCUT2D eigenvalue weighted by Gasteiger charge is -2.19. The van der Waals surface area contributed by atoms with Crippen LogP contribution in [-0.4, -0.2) is 53.0 Å². The van der Waals surface area contributed by atoms with Gasteiger partial charge in [0, 0.05) is 44.0 Å². The number of aromatic carboxylic acids is 1. The molecule has 1 saturated heterocycles. The van der Waals surface area contributed by atoms with Crippen molar-refractivity contribution in [3.63, 3.8) is 0 Å². The van der Waals surface area contributed by atoms with E-state index in [1.54, 1.807) is 16.5 Å². The first-order valence-corrected chi connectivity index (χ1v) is 8.83. The molecule has 27 heavy (non-hydrogen) atoms. The van der Waals surface area contributed by atoms with Gasteiger partial charge in [0.15, 0.2) is 11.6 Å². The highest BCUT2D eigenvalue weighted by atomic mass is 19.1. The van der Waals surface area contributed by atoms with Gasteiger partial charge in [-0.2, -0.15) is 0 Å². The normalized spacial score (nSPS) is 21.4. The second-order valence-corrected chi connectivity index (χ2v) is 7.01. The molecule has 3 heterocycles. The number of fused-ring (bicyclic) bond motifs is 1. The van der Waals surface area contributed by atoms with E-state index in [2.05, 4.69) is 9.98 Å². The molecule has 0 aromatic carbocycles. The van der Waals surface area contributed by atoms with Gasteiger partial charge in [-0.1, -0.05) is 0 Å². The van der Waals surface area contributed by atoms with E-state index < -0.39 is 17.2 Å². The second-order valence-electron chi connectivity index (χ2n) is 7.01. The number of hydrogen-bond donors (Lipinski definition) is 2. The van der Waals surface area contributed by atoms with E-state index >= 15 is 0 Å². The fourth-order valence-electron chi connectivity index (χ4n) is 3.63. The van der Waals surface area contributed by atoms with Crippen molar-refractivity contribution in [1.29, 1.82) is 0 Å². The Kier molecular flexibility index (Phi) is 4.18. The molecular formula is C18H20FN5O3. The van der Waals surface area contributed by atoms with E-state index in [-0.39, 0.29) is 28.7 Å². The molecule has 8 nitrogen and oxygen atoms in total. The quantitative estimate of drug-likeness (QED) is 0.828. The molecule has 4 rings (SSSR count). The zero-order chi connectivity index (χ0) is 19.3. The molecule has 142 valence electrons. The Morgan fingerprint density at radius 1 is 1.48 bits per heavy atom. The molecule has 0 amide bonds. The summed E-state index contributed by atoms with van der Waals surface area (Å²) in [5.41, 5.74) is 5.90. The molecule has 1 saturated carbocycles. The Balaban J connectivity index is 1.89. The van der Waals surface area contributed by atoms with Gasteiger partial charge >= 0.3 is 5.97 Å². The Hall–Kier alpha value is -2.81. The first-order chi connectivity index (χ1) is 12.9. The summed E-state index contributed by atoms with van der Waals surface area (Å²) in [4.78, 5) is 34.3. The summed E-state index contributed by atoms with van der Waals surface area (Å²) in [7, 11) is 1.68. The molecule has 2 fully saturated rings. The van der Waals surface area contributed by atoms with Crippen molar-refractivity contribution in [2.75, 3.05) is 31.6 Å². The molecule has 3 N–H and O–H groups in total. The van der Waals surface area contributed by atoms with Gasteiger partial charge in [0.2, 0.25) is 5.43 Å². The highest BCUT2D eigenvalue weighted by Crippen LogP contribution is 2.37. The third-order valence-corrected chi connectivity index (χ3v) is 5.25. The minimum atomic E-state index is -1.32. The van der Waals surface area contributed by atoms with Crippen molar-refractivity contribution < 1.29 is 14.3 Å². The lowest BCUT2D eigenvalue weighted by Crippen LogP contribution is -2.26. The Morgan fingerprint density at radius 2 is 2.22 bits per heavy atom. The number of nitrogens with two attached hydrogens (primary N) is 1. The average molecular weight is 373 g/mol. The topological polar surface area (TPSA) is 114 Å². The maximum atomic E-state index is 14.8. The number of nitrogens with zero attached hydrogens (tertiary/aromatic N) is 4. The number of rotatable bonds is 4. The van der Waals surface area contributed by atoms with E-state index in [4.69, 9.17) is 5.73 Å². The number of pyridine rings is 2. The minimum absolute atomic E-state index is 0.0120. The van der Waals surface area contributed by atoms with Crippen LogP contribution in [0.4, 0.5) is 10.2 Å². The number of aliphatic imine (C=N–C) groups is 1. The van der Waals surface area contributed by atoms with Gasteiger partial charge in [-0.05, 0) is 18.9 Å². The van der Waals surface area contributed by atoms with Gasteiger partial charge in [-0.25, -0.2) is 14.2 Å². The summed E-state index contributed by atoms with van der Waals surface area (Å²) >= 11 is 0. The second kappa shape index (κ2) is 6.41.